The summed E-state index contributed by atoms with van der Waals surface area (Å²) in [5, 5.41) is 3.05. The lowest BCUT2D eigenvalue weighted by Gasteiger charge is -2.24. The zero-order valence-corrected chi connectivity index (χ0v) is 8.97. The molecule has 0 radical (unpaired) electrons. The number of rotatable bonds is 4. The highest BCUT2D eigenvalue weighted by Gasteiger charge is 2.33. The Bertz CT molecular complexity index is 198. The first-order valence-corrected chi connectivity index (χ1v) is 4.92. The van der Waals surface area contributed by atoms with E-state index in [1.54, 1.807) is 7.05 Å². The maximum atomic E-state index is 12.1. The fourth-order valence-corrected chi connectivity index (χ4v) is 1.87. The van der Waals surface area contributed by atoms with E-state index in [2.05, 4.69) is 5.32 Å². The number of hydrogen-bond acceptors (Lipinski definition) is 3. The fourth-order valence-electron chi connectivity index (χ4n) is 1.87. The second-order valence-electron chi connectivity index (χ2n) is 4.00. The van der Waals surface area contributed by atoms with E-state index in [0.717, 1.165) is 0 Å². The molecule has 3 nitrogen and oxygen atoms in total. The van der Waals surface area contributed by atoms with E-state index in [-0.39, 0.29) is 12.0 Å². The summed E-state index contributed by atoms with van der Waals surface area (Å²) < 4.78 is 41.4. The Hall–Kier alpha value is -0.330. The molecule has 1 saturated heterocycles. The van der Waals surface area contributed by atoms with Gasteiger partial charge in [-0.05, 0) is 14.1 Å². The van der Waals surface area contributed by atoms with Crippen LogP contribution in [0.2, 0.25) is 0 Å². The Morgan fingerprint density at radius 3 is 2.60 bits per heavy atom. The van der Waals surface area contributed by atoms with Gasteiger partial charge in [-0.25, -0.2) is 0 Å². The average Bonchev–Trinajstić information content (AvgIpc) is 2.48. The van der Waals surface area contributed by atoms with Crippen LogP contribution in [0.4, 0.5) is 13.2 Å². The molecule has 0 aromatic carbocycles. The van der Waals surface area contributed by atoms with Crippen molar-refractivity contribution in [3.63, 3.8) is 0 Å². The molecule has 1 aliphatic rings. The van der Waals surface area contributed by atoms with Crippen LogP contribution in [-0.2, 0) is 4.74 Å². The first-order valence-electron chi connectivity index (χ1n) is 4.92. The van der Waals surface area contributed by atoms with Crippen LogP contribution in [0, 0.1) is 5.92 Å². The molecular formula is C9H17F3N2O. The standard InChI is InChI=1S/C9H17F3N2O/c1-13-8-5-15-4-7(8)3-14(2)6-9(10,11)12/h7-8,13H,3-6H2,1-2H3. The number of hydrogen-bond donors (Lipinski definition) is 1. The molecule has 1 N–H and O–H groups in total. The molecule has 2 unspecified atom stereocenters. The number of halogens is 3. The van der Waals surface area contributed by atoms with Gasteiger partial charge in [0.2, 0.25) is 0 Å². The van der Waals surface area contributed by atoms with Crippen molar-refractivity contribution >= 4 is 0 Å². The number of ether oxygens (including phenoxy) is 1. The molecule has 0 amide bonds. The van der Waals surface area contributed by atoms with Crippen LogP contribution < -0.4 is 5.32 Å². The molecule has 0 saturated carbocycles. The maximum Gasteiger partial charge on any atom is 0.401 e. The molecule has 0 spiro atoms. The molecule has 1 heterocycles. The lowest BCUT2D eigenvalue weighted by atomic mass is 10.0. The minimum atomic E-state index is -4.12. The number of nitrogens with one attached hydrogen (secondary N) is 1. The predicted molar refractivity (Wildman–Crippen MR) is 50.7 cm³/mol. The fraction of sp³-hybridized carbons (Fsp3) is 1.00. The smallest absolute Gasteiger partial charge is 0.379 e. The summed E-state index contributed by atoms with van der Waals surface area (Å²) in [6, 6.07) is 0.167. The van der Waals surface area contributed by atoms with Gasteiger partial charge in [0.15, 0.2) is 0 Å². The van der Waals surface area contributed by atoms with Gasteiger partial charge in [-0.2, -0.15) is 13.2 Å². The second-order valence-corrected chi connectivity index (χ2v) is 4.00. The van der Waals surface area contributed by atoms with Gasteiger partial charge in [-0.1, -0.05) is 0 Å². The number of alkyl halides is 3. The molecule has 1 aliphatic heterocycles. The van der Waals surface area contributed by atoms with Gasteiger partial charge < -0.3 is 10.1 Å². The van der Waals surface area contributed by atoms with Crippen LogP contribution in [0.25, 0.3) is 0 Å². The van der Waals surface area contributed by atoms with Crippen molar-refractivity contribution in [2.45, 2.75) is 12.2 Å². The van der Waals surface area contributed by atoms with E-state index >= 15 is 0 Å². The molecule has 0 bridgehead atoms. The molecule has 0 aliphatic carbocycles. The Kier molecular flexibility index (Phi) is 4.36. The first-order chi connectivity index (χ1) is 6.92. The van der Waals surface area contributed by atoms with Gasteiger partial charge in [-0.15, -0.1) is 0 Å². The predicted octanol–water partition coefficient (Wildman–Crippen LogP) is 0.715. The summed E-state index contributed by atoms with van der Waals surface area (Å²) in [7, 11) is 3.29. The third-order valence-electron chi connectivity index (χ3n) is 2.56. The molecule has 6 heteroatoms. The van der Waals surface area contributed by atoms with E-state index in [9.17, 15) is 13.2 Å². The van der Waals surface area contributed by atoms with Crippen molar-refractivity contribution in [2.24, 2.45) is 5.92 Å². The van der Waals surface area contributed by atoms with E-state index in [1.807, 2.05) is 0 Å². The molecule has 15 heavy (non-hydrogen) atoms. The monoisotopic (exact) mass is 226 g/mol. The van der Waals surface area contributed by atoms with Crippen molar-refractivity contribution < 1.29 is 17.9 Å². The minimum absolute atomic E-state index is 0.141. The van der Waals surface area contributed by atoms with Crippen molar-refractivity contribution in [3.05, 3.63) is 0 Å². The maximum absolute atomic E-state index is 12.1. The van der Waals surface area contributed by atoms with E-state index in [4.69, 9.17) is 4.74 Å². The van der Waals surface area contributed by atoms with Crippen LogP contribution in [0.3, 0.4) is 0 Å². The molecule has 90 valence electrons. The van der Waals surface area contributed by atoms with Crippen LogP contribution in [0.1, 0.15) is 0 Å². The Labute approximate surface area is 87.6 Å². The van der Waals surface area contributed by atoms with Crippen molar-refractivity contribution in [3.8, 4) is 0 Å². The van der Waals surface area contributed by atoms with Gasteiger partial charge in [0.25, 0.3) is 0 Å². The SMILES string of the molecule is CNC1COCC1CN(C)CC(F)(F)F. The number of likely N-dealkylation sites (N-methyl/N-ethyl adjacent to an activating group) is 1. The normalized spacial score (nSPS) is 27.6. The summed E-state index contributed by atoms with van der Waals surface area (Å²) in [4.78, 5) is 1.30. The third-order valence-corrected chi connectivity index (χ3v) is 2.56. The zero-order chi connectivity index (χ0) is 11.5. The van der Waals surface area contributed by atoms with Crippen LogP contribution in [0.5, 0.6) is 0 Å². The molecule has 2 atom stereocenters. The minimum Gasteiger partial charge on any atom is -0.379 e. The highest BCUT2D eigenvalue weighted by molar-refractivity contribution is 4.82. The van der Waals surface area contributed by atoms with E-state index < -0.39 is 12.7 Å². The molecule has 1 rings (SSSR count). The van der Waals surface area contributed by atoms with Crippen LogP contribution in [-0.4, -0.2) is 57.5 Å². The Morgan fingerprint density at radius 2 is 2.07 bits per heavy atom. The molecule has 0 aromatic heterocycles. The largest absolute Gasteiger partial charge is 0.401 e. The average molecular weight is 226 g/mol. The zero-order valence-electron chi connectivity index (χ0n) is 8.97. The van der Waals surface area contributed by atoms with E-state index in [1.165, 1.54) is 11.9 Å². The Morgan fingerprint density at radius 1 is 1.40 bits per heavy atom. The summed E-state index contributed by atoms with van der Waals surface area (Å²) in [5.74, 6) is 0.141. The molecular weight excluding hydrogens is 209 g/mol. The summed E-state index contributed by atoms with van der Waals surface area (Å²) >= 11 is 0. The van der Waals surface area contributed by atoms with Crippen molar-refractivity contribution in [2.75, 3.05) is 40.4 Å². The van der Waals surface area contributed by atoms with Gasteiger partial charge in [0.05, 0.1) is 19.8 Å². The highest BCUT2D eigenvalue weighted by Crippen LogP contribution is 2.19. The van der Waals surface area contributed by atoms with Crippen molar-refractivity contribution in [1.29, 1.82) is 0 Å². The lowest BCUT2D eigenvalue weighted by molar-refractivity contribution is -0.144. The molecule has 0 aromatic rings. The quantitative estimate of drug-likeness (QED) is 0.764. The highest BCUT2D eigenvalue weighted by atomic mass is 19.4. The lowest BCUT2D eigenvalue weighted by Crippen LogP contribution is -2.41. The second kappa shape index (κ2) is 5.14. The van der Waals surface area contributed by atoms with Crippen LogP contribution in [0.15, 0.2) is 0 Å². The summed E-state index contributed by atoms with van der Waals surface area (Å²) in [6.45, 7) is 0.666. The number of nitrogens with zero attached hydrogens (tertiary/aromatic N) is 1. The van der Waals surface area contributed by atoms with E-state index in [0.29, 0.717) is 19.8 Å². The first kappa shape index (κ1) is 12.7. The third kappa shape index (κ3) is 4.36. The van der Waals surface area contributed by atoms with Gasteiger partial charge in [0.1, 0.15) is 0 Å². The van der Waals surface area contributed by atoms with Crippen LogP contribution >= 0.6 is 0 Å². The summed E-state index contributed by atoms with van der Waals surface area (Å²) in [6.07, 6.45) is -4.12. The summed E-state index contributed by atoms with van der Waals surface area (Å²) in [5.41, 5.74) is 0. The van der Waals surface area contributed by atoms with Crippen molar-refractivity contribution in [1.82, 2.24) is 10.2 Å². The van der Waals surface area contributed by atoms with Gasteiger partial charge in [-0.3, -0.25) is 4.90 Å². The van der Waals surface area contributed by atoms with Gasteiger partial charge >= 0.3 is 6.18 Å². The molecule has 1 fully saturated rings. The topological polar surface area (TPSA) is 24.5 Å². The van der Waals surface area contributed by atoms with Gasteiger partial charge in [0, 0.05) is 18.5 Å². The Balaban J connectivity index is 2.34.